The second-order valence-corrected chi connectivity index (χ2v) is 7.10. The molecular formula is C19H25FN6O. The van der Waals surface area contributed by atoms with Gasteiger partial charge < -0.3 is 19.7 Å². The number of amides is 2. The van der Waals surface area contributed by atoms with Gasteiger partial charge in [0.2, 0.25) is 0 Å². The average Bonchev–Trinajstić information content (AvgIpc) is 2.93. The van der Waals surface area contributed by atoms with Crippen LogP contribution >= 0.6 is 0 Å². The number of fused-ring (bicyclic) bond motifs is 1. The number of hydrogen-bond acceptors (Lipinski definition) is 4. The third-order valence-corrected chi connectivity index (χ3v) is 5.34. The van der Waals surface area contributed by atoms with Crippen molar-refractivity contribution in [3.8, 4) is 0 Å². The van der Waals surface area contributed by atoms with Crippen LogP contribution in [0.1, 0.15) is 30.9 Å². The highest BCUT2D eigenvalue weighted by Gasteiger charge is 2.22. The molecule has 2 aromatic rings. The number of carbonyl (C=O) groups is 1. The number of aromatic nitrogens is 3. The Morgan fingerprint density at radius 3 is 2.56 bits per heavy atom. The van der Waals surface area contributed by atoms with Gasteiger partial charge in [0.1, 0.15) is 11.6 Å². The summed E-state index contributed by atoms with van der Waals surface area (Å²) in [5.74, 6) is 1.64. The molecule has 0 aliphatic carbocycles. The molecule has 0 unspecified atom stereocenters. The van der Waals surface area contributed by atoms with E-state index in [9.17, 15) is 9.18 Å². The lowest BCUT2D eigenvalue weighted by molar-refractivity contribution is 0.193. The Kier molecular flexibility index (Phi) is 5.22. The zero-order valence-corrected chi connectivity index (χ0v) is 15.4. The van der Waals surface area contributed by atoms with Crippen LogP contribution in [-0.2, 0) is 19.5 Å². The molecule has 144 valence electrons. The molecule has 0 spiro atoms. The van der Waals surface area contributed by atoms with E-state index < -0.39 is 0 Å². The Morgan fingerprint density at radius 1 is 1.00 bits per heavy atom. The minimum atomic E-state index is -0.233. The molecule has 1 saturated heterocycles. The number of benzene rings is 1. The lowest BCUT2D eigenvalue weighted by atomic mass is 10.2. The SMILES string of the molecule is O=C(NCc1nnc2n1CCCCC2)N1CCN(c2ccc(F)cc2)CC1. The Balaban J connectivity index is 1.29. The zero-order chi connectivity index (χ0) is 18.6. The monoisotopic (exact) mass is 372 g/mol. The molecule has 0 bridgehead atoms. The molecule has 1 N–H and O–H groups in total. The number of halogens is 1. The van der Waals surface area contributed by atoms with E-state index in [2.05, 4.69) is 25.0 Å². The Bertz CT molecular complexity index is 782. The number of nitrogens with one attached hydrogen (secondary N) is 1. The highest BCUT2D eigenvalue weighted by Crippen LogP contribution is 2.17. The molecule has 4 rings (SSSR count). The van der Waals surface area contributed by atoms with E-state index in [1.165, 1.54) is 18.6 Å². The summed E-state index contributed by atoms with van der Waals surface area (Å²) in [5, 5.41) is 11.5. The van der Waals surface area contributed by atoms with Gasteiger partial charge in [-0.05, 0) is 37.1 Å². The fraction of sp³-hybridized carbons (Fsp3) is 0.526. The largest absolute Gasteiger partial charge is 0.368 e. The lowest BCUT2D eigenvalue weighted by Crippen LogP contribution is -2.51. The smallest absolute Gasteiger partial charge is 0.317 e. The number of anilines is 1. The Labute approximate surface area is 158 Å². The minimum Gasteiger partial charge on any atom is -0.368 e. The van der Waals surface area contributed by atoms with Crippen molar-refractivity contribution in [2.45, 2.75) is 38.8 Å². The highest BCUT2D eigenvalue weighted by atomic mass is 19.1. The van der Waals surface area contributed by atoms with Gasteiger partial charge in [-0.1, -0.05) is 6.42 Å². The number of hydrogen-bond donors (Lipinski definition) is 1. The van der Waals surface area contributed by atoms with Crippen LogP contribution in [0.2, 0.25) is 0 Å². The summed E-state index contributed by atoms with van der Waals surface area (Å²) in [6.45, 7) is 4.09. The van der Waals surface area contributed by atoms with Crippen LogP contribution in [0.4, 0.5) is 14.9 Å². The molecule has 1 aromatic carbocycles. The van der Waals surface area contributed by atoms with E-state index in [4.69, 9.17) is 0 Å². The fourth-order valence-electron chi connectivity index (χ4n) is 3.76. The average molecular weight is 372 g/mol. The predicted octanol–water partition coefficient (Wildman–Crippen LogP) is 2.18. The van der Waals surface area contributed by atoms with Crippen molar-refractivity contribution in [2.24, 2.45) is 0 Å². The van der Waals surface area contributed by atoms with E-state index in [1.54, 1.807) is 12.1 Å². The summed E-state index contributed by atoms with van der Waals surface area (Å²) in [4.78, 5) is 16.5. The molecule has 8 heteroatoms. The molecule has 0 saturated carbocycles. The first-order valence-corrected chi connectivity index (χ1v) is 9.65. The fourth-order valence-corrected chi connectivity index (χ4v) is 3.76. The van der Waals surface area contributed by atoms with Gasteiger partial charge in [0, 0.05) is 44.8 Å². The van der Waals surface area contributed by atoms with Crippen LogP contribution in [0.3, 0.4) is 0 Å². The summed E-state index contributed by atoms with van der Waals surface area (Å²) in [5.41, 5.74) is 0.989. The van der Waals surface area contributed by atoms with Gasteiger partial charge in [0.25, 0.3) is 0 Å². The first-order valence-electron chi connectivity index (χ1n) is 9.65. The third kappa shape index (κ3) is 4.04. The Morgan fingerprint density at radius 2 is 1.78 bits per heavy atom. The molecule has 3 heterocycles. The van der Waals surface area contributed by atoms with Gasteiger partial charge in [-0.3, -0.25) is 0 Å². The van der Waals surface area contributed by atoms with E-state index in [1.807, 2.05) is 4.90 Å². The number of piperazine rings is 1. The molecular weight excluding hydrogens is 347 g/mol. The number of aryl methyl sites for hydroxylation is 1. The van der Waals surface area contributed by atoms with Crippen molar-refractivity contribution in [3.63, 3.8) is 0 Å². The summed E-state index contributed by atoms with van der Waals surface area (Å²) < 4.78 is 15.2. The molecule has 1 aromatic heterocycles. The van der Waals surface area contributed by atoms with Crippen molar-refractivity contribution < 1.29 is 9.18 Å². The second kappa shape index (κ2) is 7.94. The van der Waals surface area contributed by atoms with Crippen LogP contribution in [0.25, 0.3) is 0 Å². The molecule has 7 nitrogen and oxygen atoms in total. The molecule has 2 amide bonds. The first kappa shape index (κ1) is 17.8. The molecule has 0 radical (unpaired) electrons. The second-order valence-electron chi connectivity index (χ2n) is 7.10. The number of nitrogens with zero attached hydrogens (tertiary/aromatic N) is 5. The lowest BCUT2D eigenvalue weighted by Gasteiger charge is -2.36. The molecule has 1 fully saturated rings. The van der Waals surface area contributed by atoms with E-state index in [-0.39, 0.29) is 11.8 Å². The maximum atomic E-state index is 13.1. The summed E-state index contributed by atoms with van der Waals surface area (Å²) in [6.07, 6.45) is 4.47. The standard InChI is InChI=1S/C19H25FN6O/c20-15-5-7-16(8-6-15)24-10-12-25(13-11-24)19(27)21-14-18-23-22-17-4-2-1-3-9-26(17)18/h5-8H,1-4,9-14H2,(H,21,27). The zero-order valence-electron chi connectivity index (χ0n) is 15.4. The third-order valence-electron chi connectivity index (χ3n) is 5.34. The van der Waals surface area contributed by atoms with Gasteiger partial charge in [0.05, 0.1) is 6.54 Å². The predicted molar refractivity (Wildman–Crippen MR) is 100.0 cm³/mol. The van der Waals surface area contributed by atoms with Crippen molar-refractivity contribution in [1.82, 2.24) is 25.0 Å². The topological polar surface area (TPSA) is 66.3 Å². The molecule has 2 aliphatic heterocycles. The van der Waals surface area contributed by atoms with E-state index in [0.29, 0.717) is 19.6 Å². The number of rotatable bonds is 3. The van der Waals surface area contributed by atoms with Gasteiger partial charge in [-0.15, -0.1) is 10.2 Å². The molecule has 0 atom stereocenters. The van der Waals surface area contributed by atoms with Crippen LogP contribution in [-0.4, -0.2) is 51.9 Å². The first-order chi connectivity index (χ1) is 13.2. The van der Waals surface area contributed by atoms with Crippen LogP contribution in [0.5, 0.6) is 0 Å². The maximum Gasteiger partial charge on any atom is 0.317 e. The van der Waals surface area contributed by atoms with Crippen molar-refractivity contribution >= 4 is 11.7 Å². The summed E-state index contributed by atoms with van der Waals surface area (Å²) >= 11 is 0. The normalized spacial score (nSPS) is 17.4. The highest BCUT2D eigenvalue weighted by molar-refractivity contribution is 5.74. The van der Waals surface area contributed by atoms with Crippen molar-refractivity contribution in [1.29, 1.82) is 0 Å². The van der Waals surface area contributed by atoms with E-state index in [0.717, 1.165) is 56.2 Å². The van der Waals surface area contributed by atoms with Crippen molar-refractivity contribution in [3.05, 3.63) is 41.7 Å². The van der Waals surface area contributed by atoms with Gasteiger partial charge in [-0.2, -0.15) is 0 Å². The quantitative estimate of drug-likeness (QED) is 0.897. The minimum absolute atomic E-state index is 0.0697. The van der Waals surface area contributed by atoms with Gasteiger partial charge in [0.15, 0.2) is 5.82 Å². The molecule has 27 heavy (non-hydrogen) atoms. The summed E-state index contributed by atoms with van der Waals surface area (Å²) in [7, 11) is 0. The summed E-state index contributed by atoms with van der Waals surface area (Å²) in [6, 6.07) is 6.43. The van der Waals surface area contributed by atoms with Crippen LogP contribution in [0.15, 0.2) is 24.3 Å². The Hall–Kier alpha value is -2.64. The van der Waals surface area contributed by atoms with Crippen LogP contribution in [0, 0.1) is 5.82 Å². The van der Waals surface area contributed by atoms with E-state index >= 15 is 0 Å². The van der Waals surface area contributed by atoms with Gasteiger partial charge in [-0.25, -0.2) is 9.18 Å². The maximum absolute atomic E-state index is 13.1. The van der Waals surface area contributed by atoms with Crippen molar-refractivity contribution in [2.75, 3.05) is 31.1 Å². The molecule has 2 aliphatic rings. The van der Waals surface area contributed by atoms with Gasteiger partial charge >= 0.3 is 6.03 Å². The number of urea groups is 1. The number of carbonyl (C=O) groups excluding carboxylic acids is 1. The van der Waals surface area contributed by atoms with Crippen LogP contribution < -0.4 is 10.2 Å².